The molecule has 0 aliphatic heterocycles. The van der Waals surface area contributed by atoms with Crippen LogP contribution in [-0.2, 0) is 6.42 Å². The zero-order chi connectivity index (χ0) is 12.1. The summed E-state index contributed by atoms with van der Waals surface area (Å²) < 4.78 is 6.28. The zero-order valence-electron chi connectivity index (χ0n) is 9.82. The molecule has 0 amide bonds. The van der Waals surface area contributed by atoms with E-state index in [9.17, 15) is 0 Å². The third-order valence-electron chi connectivity index (χ3n) is 2.73. The van der Waals surface area contributed by atoms with Gasteiger partial charge in [-0.3, -0.25) is 0 Å². The summed E-state index contributed by atoms with van der Waals surface area (Å²) in [6, 6.07) is 14.6. The molecule has 0 saturated heterocycles. The Hall–Kier alpha value is -1.06. The fraction of sp³-hybridized carbons (Fsp3) is 0.286. The second kappa shape index (κ2) is 6.03. The SMILES string of the molecule is CC(NCCc1ccccc1)c1ccc(Br)o1. The van der Waals surface area contributed by atoms with Crippen molar-refractivity contribution in [2.75, 3.05) is 6.54 Å². The number of furan rings is 1. The summed E-state index contributed by atoms with van der Waals surface area (Å²) in [7, 11) is 0. The summed E-state index contributed by atoms with van der Waals surface area (Å²) >= 11 is 3.31. The third kappa shape index (κ3) is 3.72. The highest BCUT2D eigenvalue weighted by molar-refractivity contribution is 9.10. The first-order chi connectivity index (χ1) is 8.25. The van der Waals surface area contributed by atoms with Gasteiger partial charge in [-0.15, -0.1) is 0 Å². The van der Waals surface area contributed by atoms with Crippen LogP contribution < -0.4 is 5.32 Å². The van der Waals surface area contributed by atoms with Crippen molar-refractivity contribution >= 4 is 15.9 Å². The van der Waals surface area contributed by atoms with E-state index in [1.165, 1.54) is 5.56 Å². The van der Waals surface area contributed by atoms with E-state index in [0.717, 1.165) is 23.4 Å². The van der Waals surface area contributed by atoms with Gasteiger partial charge in [0.1, 0.15) is 5.76 Å². The minimum atomic E-state index is 0.241. The molecular formula is C14H16BrNO. The molecule has 0 radical (unpaired) electrons. The number of rotatable bonds is 5. The lowest BCUT2D eigenvalue weighted by Gasteiger charge is -2.11. The van der Waals surface area contributed by atoms with Crippen molar-refractivity contribution in [3.63, 3.8) is 0 Å². The Morgan fingerprint density at radius 3 is 2.59 bits per heavy atom. The largest absolute Gasteiger partial charge is 0.453 e. The number of hydrogen-bond donors (Lipinski definition) is 1. The van der Waals surface area contributed by atoms with E-state index in [1.807, 2.05) is 18.2 Å². The number of benzene rings is 1. The maximum Gasteiger partial charge on any atom is 0.169 e. The monoisotopic (exact) mass is 293 g/mol. The standard InChI is InChI=1S/C14H16BrNO/c1-11(13-7-8-14(15)17-13)16-10-9-12-5-3-2-4-6-12/h2-8,11,16H,9-10H2,1H3. The highest BCUT2D eigenvalue weighted by atomic mass is 79.9. The lowest BCUT2D eigenvalue weighted by atomic mass is 10.1. The molecule has 0 saturated carbocycles. The molecule has 0 spiro atoms. The minimum absolute atomic E-state index is 0.241. The van der Waals surface area contributed by atoms with Gasteiger partial charge >= 0.3 is 0 Å². The van der Waals surface area contributed by atoms with Crippen molar-refractivity contribution in [1.29, 1.82) is 0 Å². The summed E-state index contributed by atoms with van der Waals surface area (Å²) in [6.45, 7) is 3.06. The van der Waals surface area contributed by atoms with Crippen molar-refractivity contribution in [3.05, 3.63) is 58.5 Å². The molecule has 2 nitrogen and oxygen atoms in total. The lowest BCUT2D eigenvalue weighted by Crippen LogP contribution is -2.20. The number of hydrogen-bond acceptors (Lipinski definition) is 2. The first-order valence-corrected chi connectivity index (χ1v) is 6.57. The second-order valence-electron chi connectivity index (χ2n) is 4.05. The number of halogens is 1. The summed E-state index contributed by atoms with van der Waals surface area (Å²) in [5, 5.41) is 3.45. The molecule has 1 atom stereocenters. The van der Waals surface area contributed by atoms with Gasteiger partial charge in [0.2, 0.25) is 0 Å². The van der Waals surface area contributed by atoms with Crippen LogP contribution in [0.4, 0.5) is 0 Å². The average molecular weight is 294 g/mol. The van der Waals surface area contributed by atoms with Crippen LogP contribution in [0.2, 0.25) is 0 Å². The van der Waals surface area contributed by atoms with E-state index >= 15 is 0 Å². The van der Waals surface area contributed by atoms with Crippen LogP contribution in [0.15, 0.2) is 51.6 Å². The molecule has 0 fully saturated rings. The third-order valence-corrected chi connectivity index (χ3v) is 3.15. The minimum Gasteiger partial charge on any atom is -0.453 e. The van der Waals surface area contributed by atoms with E-state index in [-0.39, 0.29) is 6.04 Å². The first kappa shape index (κ1) is 12.4. The van der Waals surface area contributed by atoms with Gasteiger partial charge in [0.05, 0.1) is 6.04 Å². The van der Waals surface area contributed by atoms with Crippen molar-refractivity contribution in [1.82, 2.24) is 5.32 Å². The molecule has 3 heteroatoms. The Bertz CT molecular complexity index is 452. The summed E-state index contributed by atoms with van der Waals surface area (Å²) in [5.41, 5.74) is 1.35. The molecular weight excluding hydrogens is 278 g/mol. The molecule has 90 valence electrons. The maximum absolute atomic E-state index is 5.50. The molecule has 1 heterocycles. The Labute approximate surface area is 110 Å². The second-order valence-corrected chi connectivity index (χ2v) is 4.83. The van der Waals surface area contributed by atoms with Crippen LogP contribution in [0.5, 0.6) is 0 Å². The molecule has 0 aliphatic rings. The van der Waals surface area contributed by atoms with Gasteiger partial charge in [-0.1, -0.05) is 30.3 Å². The normalized spacial score (nSPS) is 12.6. The fourth-order valence-electron chi connectivity index (χ4n) is 1.74. The topological polar surface area (TPSA) is 25.2 Å². The fourth-order valence-corrected chi connectivity index (χ4v) is 2.06. The molecule has 2 rings (SSSR count). The van der Waals surface area contributed by atoms with E-state index in [0.29, 0.717) is 0 Å². The molecule has 17 heavy (non-hydrogen) atoms. The molecule has 2 aromatic rings. The van der Waals surface area contributed by atoms with Crippen LogP contribution in [0.25, 0.3) is 0 Å². The van der Waals surface area contributed by atoms with Crippen molar-refractivity contribution in [2.24, 2.45) is 0 Å². The van der Waals surface area contributed by atoms with Gasteiger partial charge in [0.15, 0.2) is 4.67 Å². The zero-order valence-corrected chi connectivity index (χ0v) is 11.4. The molecule has 1 aromatic carbocycles. The van der Waals surface area contributed by atoms with E-state index in [2.05, 4.69) is 52.4 Å². The van der Waals surface area contributed by atoms with Gasteiger partial charge in [-0.05, 0) is 53.5 Å². The van der Waals surface area contributed by atoms with Crippen LogP contribution in [-0.4, -0.2) is 6.54 Å². The lowest BCUT2D eigenvalue weighted by molar-refractivity contribution is 0.420. The highest BCUT2D eigenvalue weighted by Gasteiger charge is 2.08. The molecule has 0 aliphatic carbocycles. The van der Waals surface area contributed by atoms with E-state index in [1.54, 1.807) is 0 Å². The first-order valence-electron chi connectivity index (χ1n) is 5.78. The smallest absolute Gasteiger partial charge is 0.169 e. The Morgan fingerprint density at radius 1 is 1.18 bits per heavy atom. The van der Waals surface area contributed by atoms with Crippen molar-refractivity contribution < 1.29 is 4.42 Å². The van der Waals surface area contributed by atoms with E-state index < -0.39 is 0 Å². The predicted octanol–water partition coefficient (Wildman–Crippen LogP) is 3.94. The quantitative estimate of drug-likeness (QED) is 0.903. The Kier molecular flexibility index (Phi) is 4.40. The maximum atomic E-state index is 5.50. The van der Waals surface area contributed by atoms with E-state index in [4.69, 9.17) is 4.42 Å². The van der Waals surface area contributed by atoms with Crippen LogP contribution in [0, 0.1) is 0 Å². The van der Waals surface area contributed by atoms with Gasteiger partial charge in [0, 0.05) is 0 Å². The van der Waals surface area contributed by atoms with Gasteiger partial charge in [-0.2, -0.15) is 0 Å². The summed E-state index contributed by atoms with van der Waals surface area (Å²) in [4.78, 5) is 0. The van der Waals surface area contributed by atoms with Gasteiger partial charge in [0.25, 0.3) is 0 Å². The molecule has 1 N–H and O–H groups in total. The van der Waals surface area contributed by atoms with Gasteiger partial charge < -0.3 is 9.73 Å². The van der Waals surface area contributed by atoms with Crippen LogP contribution in [0.3, 0.4) is 0 Å². The molecule has 1 aromatic heterocycles. The number of nitrogens with one attached hydrogen (secondary N) is 1. The summed E-state index contributed by atoms with van der Waals surface area (Å²) in [6.07, 6.45) is 1.03. The Morgan fingerprint density at radius 2 is 1.94 bits per heavy atom. The average Bonchev–Trinajstić information content (AvgIpc) is 2.77. The van der Waals surface area contributed by atoms with Crippen LogP contribution in [0.1, 0.15) is 24.3 Å². The molecule has 0 bridgehead atoms. The summed E-state index contributed by atoms with van der Waals surface area (Å²) in [5.74, 6) is 0.963. The highest BCUT2D eigenvalue weighted by Crippen LogP contribution is 2.19. The Balaban J connectivity index is 1.79. The predicted molar refractivity (Wildman–Crippen MR) is 73.0 cm³/mol. The molecule has 1 unspecified atom stereocenters. The van der Waals surface area contributed by atoms with Crippen molar-refractivity contribution in [3.8, 4) is 0 Å². The van der Waals surface area contributed by atoms with Crippen molar-refractivity contribution in [2.45, 2.75) is 19.4 Å². The van der Waals surface area contributed by atoms with Gasteiger partial charge in [-0.25, -0.2) is 0 Å². The van der Waals surface area contributed by atoms with Crippen LogP contribution >= 0.6 is 15.9 Å².